The highest BCUT2D eigenvalue weighted by atomic mass is 79.9. The summed E-state index contributed by atoms with van der Waals surface area (Å²) in [4.78, 5) is 13.1. The number of nitrogens with zero attached hydrogens (tertiary/aromatic N) is 1. The maximum Gasteiger partial charge on any atom is 0.235 e. The van der Waals surface area contributed by atoms with Crippen LogP contribution in [-0.2, 0) is 14.5 Å². The second-order valence-electron chi connectivity index (χ2n) is 3.90. The van der Waals surface area contributed by atoms with Gasteiger partial charge in [-0.05, 0) is 18.2 Å². The molecule has 1 aromatic rings. The third kappa shape index (κ3) is 3.46. The number of methoxy groups -OCH3 is 1. The van der Waals surface area contributed by atoms with Crippen molar-refractivity contribution >= 4 is 31.6 Å². The Hall–Kier alpha value is -1.08. The van der Waals surface area contributed by atoms with E-state index in [0.717, 1.165) is 0 Å². The molecule has 7 heteroatoms. The molecule has 1 aromatic carbocycles. The lowest BCUT2D eigenvalue weighted by Crippen LogP contribution is -2.28. The molecule has 0 saturated carbocycles. The van der Waals surface area contributed by atoms with Gasteiger partial charge in [-0.15, -0.1) is 0 Å². The lowest BCUT2D eigenvalue weighted by molar-refractivity contribution is -0.125. The average molecular weight is 335 g/mol. The van der Waals surface area contributed by atoms with Crippen LogP contribution in [0.1, 0.15) is 0 Å². The molecule has 0 saturated heterocycles. The topological polar surface area (TPSA) is 70.5 Å². The Morgan fingerprint density at radius 2 is 2.11 bits per heavy atom. The lowest BCUT2D eigenvalue weighted by Gasteiger charge is -2.14. The van der Waals surface area contributed by atoms with Crippen LogP contribution >= 0.6 is 15.9 Å². The van der Waals surface area contributed by atoms with E-state index < -0.39 is 9.73 Å². The van der Waals surface area contributed by atoms with E-state index >= 15 is 0 Å². The van der Waals surface area contributed by atoms with Crippen LogP contribution in [0.5, 0.6) is 5.75 Å². The minimum absolute atomic E-state index is 0.231. The van der Waals surface area contributed by atoms with Gasteiger partial charge >= 0.3 is 0 Å². The zero-order valence-corrected chi connectivity index (χ0v) is 12.8. The van der Waals surface area contributed by atoms with E-state index in [0.29, 0.717) is 10.2 Å². The fourth-order valence-corrected chi connectivity index (χ4v) is 3.36. The number of ether oxygens (including phenoxy) is 1. The summed E-state index contributed by atoms with van der Waals surface area (Å²) in [5.74, 6) is -0.353. The van der Waals surface area contributed by atoms with Crippen LogP contribution in [0.15, 0.2) is 27.6 Å². The zero-order chi connectivity index (χ0) is 13.9. The van der Waals surface area contributed by atoms with E-state index in [1.54, 1.807) is 32.3 Å². The van der Waals surface area contributed by atoms with Gasteiger partial charge in [0.05, 0.1) is 21.7 Å². The first kappa shape index (κ1) is 15.0. The van der Waals surface area contributed by atoms with E-state index in [1.165, 1.54) is 12.0 Å². The molecule has 0 aliphatic heterocycles. The zero-order valence-electron chi connectivity index (χ0n) is 10.4. The highest BCUT2D eigenvalue weighted by Gasteiger charge is 2.21. The SMILES string of the molecule is COc1ccc(Br)cc1S(=N)(=O)CC(=O)N(C)C. The molecule has 5 nitrogen and oxygen atoms in total. The molecule has 0 heterocycles. The molecular formula is C11H15BrN2O3S. The highest BCUT2D eigenvalue weighted by molar-refractivity contribution is 9.10. The molecule has 1 N–H and O–H groups in total. The van der Waals surface area contributed by atoms with Gasteiger partial charge in [0.2, 0.25) is 5.91 Å². The molecule has 1 amide bonds. The van der Waals surface area contributed by atoms with Gasteiger partial charge in [0.1, 0.15) is 11.5 Å². The number of rotatable bonds is 4. The van der Waals surface area contributed by atoms with Crippen molar-refractivity contribution in [2.24, 2.45) is 0 Å². The van der Waals surface area contributed by atoms with Crippen molar-refractivity contribution in [2.45, 2.75) is 4.90 Å². The number of benzene rings is 1. The summed E-state index contributed by atoms with van der Waals surface area (Å²) in [6.45, 7) is 0. The normalized spacial score (nSPS) is 13.8. The van der Waals surface area contributed by atoms with Crippen LogP contribution in [-0.4, -0.2) is 42.0 Å². The molecule has 0 bridgehead atoms. The molecule has 18 heavy (non-hydrogen) atoms. The minimum Gasteiger partial charge on any atom is -0.495 e. The van der Waals surface area contributed by atoms with Gasteiger partial charge in [-0.25, -0.2) is 8.99 Å². The Morgan fingerprint density at radius 1 is 1.50 bits per heavy atom. The largest absolute Gasteiger partial charge is 0.495 e. The van der Waals surface area contributed by atoms with Gasteiger partial charge in [-0.2, -0.15) is 0 Å². The van der Waals surface area contributed by atoms with Crippen molar-refractivity contribution in [3.8, 4) is 5.75 Å². The third-order valence-corrected chi connectivity index (χ3v) is 4.48. The molecule has 0 aliphatic carbocycles. The smallest absolute Gasteiger partial charge is 0.235 e. The Morgan fingerprint density at radius 3 is 2.61 bits per heavy atom. The summed E-state index contributed by atoms with van der Waals surface area (Å²) >= 11 is 3.25. The van der Waals surface area contributed by atoms with Gasteiger partial charge < -0.3 is 9.64 Å². The standard InChI is InChI=1S/C11H15BrN2O3S/c1-14(2)11(15)7-18(13,16)10-6-8(12)4-5-9(10)17-3/h4-6,13H,7H2,1-3H3. The number of carbonyl (C=O) groups is 1. The minimum atomic E-state index is -3.22. The number of nitrogens with one attached hydrogen (secondary N) is 1. The quantitative estimate of drug-likeness (QED) is 0.914. The van der Waals surface area contributed by atoms with Crippen LogP contribution in [0.25, 0.3) is 0 Å². The van der Waals surface area contributed by atoms with E-state index in [1.807, 2.05) is 0 Å². The average Bonchev–Trinajstić information content (AvgIpc) is 2.28. The molecule has 0 fully saturated rings. The monoisotopic (exact) mass is 334 g/mol. The van der Waals surface area contributed by atoms with Gasteiger partial charge in [0, 0.05) is 18.6 Å². The Kier molecular flexibility index (Phi) is 4.75. The Bertz CT molecular complexity index is 555. The summed E-state index contributed by atoms with van der Waals surface area (Å²) < 4.78 is 26.0. The van der Waals surface area contributed by atoms with E-state index in [4.69, 9.17) is 9.52 Å². The fraction of sp³-hybridized carbons (Fsp3) is 0.364. The Labute approximate surface area is 115 Å². The second kappa shape index (κ2) is 5.71. The third-order valence-electron chi connectivity index (χ3n) is 2.31. The van der Waals surface area contributed by atoms with Crippen molar-refractivity contribution in [3.05, 3.63) is 22.7 Å². The van der Waals surface area contributed by atoms with E-state index in [9.17, 15) is 9.00 Å². The van der Waals surface area contributed by atoms with E-state index in [-0.39, 0.29) is 16.6 Å². The molecule has 0 aliphatic rings. The first-order valence-corrected chi connectivity index (χ1v) is 7.60. The van der Waals surface area contributed by atoms with Gasteiger partial charge in [0.15, 0.2) is 0 Å². The fourth-order valence-electron chi connectivity index (χ4n) is 1.29. The van der Waals surface area contributed by atoms with Crippen LogP contribution in [0.3, 0.4) is 0 Å². The van der Waals surface area contributed by atoms with Crippen molar-refractivity contribution in [2.75, 3.05) is 27.0 Å². The predicted octanol–water partition coefficient (Wildman–Crippen LogP) is 1.95. The summed E-state index contributed by atoms with van der Waals surface area (Å²) in [6, 6.07) is 4.90. The summed E-state index contributed by atoms with van der Waals surface area (Å²) in [7, 11) is 1.36. The van der Waals surface area contributed by atoms with Gasteiger partial charge in [0.25, 0.3) is 0 Å². The molecule has 0 aromatic heterocycles. The summed E-state index contributed by atoms with van der Waals surface area (Å²) in [5, 5.41) is 0. The molecule has 100 valence electrons. The molecule has 0 spiro atoms. The van der Waals surface area contributed by atoms with E-state index in [2.05, 4.69) is 15.9 Å². The maximum atomic E-state index is 12.4. The molecule has 0 radical (unpaired) electrons. The van der Waals surface area contributed by atoms with Crippen LogP contribution in [0.4, 0.5) is 0 Å². The molecular weight excluding hydrogens is 320 g/mol. The van der Waals surface area contributed by atoms with Gasteiger partial charge in [-0.1, -0.05) is 15.9 Å². The van der Waals surface area contributed by atoms with Crippen LogP contribution in [0, 0.1) is 4.78 Å². The van der Waals surface area contributed by atoms with Crippen molar-refractivity contribution in [1.82, 2.24) is 4.90 Å². The number of hydrogen-bond donors (Lipinski definition) is 1. The van der Waals surface area contributed by atoms with Gasteiger partial charge in [-0.3, -0.25) is 4.79 Å². The maximum absolute atomic E-state index is 12.4. The highest BCUT2D eigenvalue weighted by Crippen LogP contribution is 2.28. The molecule has 1 unspecified atom stereocenters. The number of hydrogen-bond acceptors (Lipinski definition) is 4. The Balaban J connectivity index is 3.20. The first-order chi connectivity index (χ1) is 8.27. The van der Waals surface area contributed by atoms with Crippen LogP contribution < -0.4 is 4.74 Å². The molecule has 1 rings (SSSR count). The van der Waals surface area contributed by atoms with Crippen molar-refractivity contribution in [1.29, 1.82) is 4.78 Å². The summed E-state index contributed by atoms with van der Waals surface area (Å²) in [6.07, 6.45) is 0. The number of carbonyl (C=O) groups excluding carboxylic acids is 1. The molecule has 1 atom stereocenters. The summed E-state index contributed by atoms with van der Waals surface area (Å²) in [5.41, 5.74) is 0. The van der Waals surface area contributed by atoms with Crippen LogP contribution in [0.2, 0.25) is 0 Å². The number of amides is 1. The predicted molar refractivity (Wildman–Crippen MR) is 73.4 cm³/mol. The second-order valence-corrected chi connectivity index (χ2v) is 6.90. The number of halogens is 1. The van der Waals surface area contributed by atoms with Crippen molar-refractivity contribution < 1.29 is 13.7 Å². The first-order valence-electron chi connectivity index (χ1n) is 5.08. The lowest BCUT2D eigenvalue weighted by atomic mass is 10.3. The van der Waals surface area contributed by atoms with Crippen molar-refractivity contribution in [3.63, 3.8) is 0 Å².